The number of morpholine rings is 1. The number of hydrogen-bond donors (Lipinski definition) is 1. The van der Waals surface area contributed by atoms with Gasteiger partial charge in [0.05, 0.1) is 26.4 Å². The fourth-order valence-electron chi connectivity index (χ4n) is 2.67. The Morgan fingerprint density at radius 2 is 1.91 bits per heavy atom. The zero-order valence-corrected chi connectivity index (χ0v) is 14.3. The van der Waals surface area contributed by atoms with Crippen LogP contribution in [-0.2, 0) is 9.53 Å². The van der Waals surface area contributed by atoms with Crippen LogP contribution in [0.4, 0.5) is 5.69 Å². The van der Waals surface area contributed by atoms with E-state index in [0.29, 0.717) is 30.2 Å². The summed E-state index contributed by atoms with van der Waals surface area (Å²) in [7, 11) is 3.17. The number of benzene rings is 1. The molecule has 1 amide bonds. The molecule has 1 N–H and O–H groups in total. The van der Waals surface area contributed by atoms with E-state index in [9.17, 15) is 4.79 Å². The summed E-state index contributed by atoms with van der Waals surface area (Å²) in [6.07, 6.45) is 0.440. The van der Waals surface area contributed by atoms with Gasteiger partial charge in [0.1, 0.15) is 11.5 Å². The van der Waals surface area contributed by atoms with Gasteiger partial charge in [0.2, 0.25) is 5.91 Å². The van der Waals surface area contributed by atoms with E-state index in [0.717, 1.165) is 19.6 Å². The number of hydrogen-bond acceptors (Lipinski definition) is 5. The molecule has 6 heteroatoms. The summed E-state index contributed by atoms with van der Waals surface area (Å²) in [6, 6.07) is 5.32. The van der Waals surface area contributed by atoms with Gasteiger partial charge in [-0.1, -0.05) is 0 Å². The van der Waals surface area contributed by atoms with Gasteiger partial charge in [-0.15, -0.1) is 0 Å². The molecule has 1 aromatic carbocycles. The Balaban J connectivity index is 1.87. The van der Waals surface area contributed by atoms with Crippen LogP contribution < -0.4 is 14.8 Å². The fourth-order valence-corrected chi connectivity index (χ4v) is 2.67. The second-order valence-electron chi connectivity index (χ2n) is 6.28. The quantitative estimate of drug-likeness (QED) is 0.869. The molecule has 0 bridgehead atoms. The molecule has 0 spiro atoms. The largest absolute Gasteiger partial charge is 0.497 e. The summed E-state index contributed by atoms with van der Waals surface area (Å²) in [4.78, 5) is 14.4. The van der Waals surface area contributed by atoms with E-state index in [2.05, 4.69) is 24.1 Å². The average molecular weight is 322 g/mol. The molecule has 1 fully saturated rings. The van der Waals surface area contributed by atoms with Crippen LogP contribution >= 0.6 is 0 Å². The summed E-state index contributed by atoms with van der Waals surface area (Å²) < 4.78 is 16.1. The van der Waals surface area contributed by atoms with Gasteiger partial charge in [0, 0.05) is 49.9 Å². The Kier molecular flexibility index (Phi) is 5.85. The van der Waals surface area contributed by atoms with Crippen molar-refractivity contribution in [2.75, 3.05) is 45.8 Å². The third-order valence-electron chi connectivity index (χ3n) is 3.79. The Bertz CT molecular complexity index is 523. The predicted octanol–water partition coefficient (Wildman–Crippen LogP) is 2.14. The summed E-state index contributed by atoms with van der Waals surface area (Å²) >= 11 is 0. The highest BCUT2D eigenvalue weighted by Crippen LogP contribution is 2.25. The average Bonchev–Trinajstić information content (AvgIpc) is 2.51. The molecule has 0 saturated carbocycles. The fraction of sp³-hybridized carbons (Fsp3) is 0.588. The Morgan fingerprint density at radius 3 is 2.48 bits per heavy atom. The van der Waals surface area contributed by atoms with E-state index in [1.165, 1.54) is 0 Å². The second kappa shape index (κ2) is 7.66. The van der Waals surface area contributed by atoms with Crippen molar-refractivity contribution in [1.82, 2.24) is 4.90 Å². The first-order valence-corrected chi connectivity index (χ1v) is 7.81. The van der Waals surface area contributed by atoms with E-state index in [1.54, 1.807) is 32.4 Å². The minimum absolute atomic E-state index is 0.0235. The number of ether oxygens (including phenoxy) is 3. The molecule has 0 aliphatic carbocycles. The van der Waals surface area contributed by atoms with Gasteiger partial charge in [-0.25, -0.2) is 0 Å². The van der Waals surface area contributed by atoms with Crippen molar-refractivity contribution < 1.29 is 19.0 Å². The summed E-state index contributed by atoms with van der Waals surface area (Å²) in [5.74, 6) is 1.27. The minimum Gasteiger partial charge on any atom is -0.497 e. The molecular formula is C17H26N2O4. The second-order valence-corrected chi connectivity index (χ2v) is 6.28. The number of rotatable bonds is 6. The van der Waals surface area contributed by atoms with Gasteiger partial charge >= 0.3 is 0 Å². The first kappa shape index (κ1) is 17.6. The van der Waals surface area contributed by atoms with E-state index in [4.69, 9.17) is 14.2 Å². The predicted molar refractivity (Wildman–Crippen MR) is 89.3 cm³/mol. The van der Waals surface area contributed by atoms with Crippen LogP contribution in [0.2, 0.25) is 0 Å². The Hall–Kier alpha value is -1.79. The first-order chi connectivity index (χ1) is 10.9. The van der Waals surface area contributed by atoms with Crippen molar-refractivity contribution in [3.8, 4) is 11.5 Å². The Labute approximate surface area is 137 Å². The normalized spacial score (nSPS) is 17.6. The maximum atomic E-state index is 12.2. The summed E-state index contributed by atoms with van der Waals surface area (Å²) in [5, 5.41) is 2.89. The molecule has 1 aliphatic heterocycles. The van der Waals surface area contributed by atoms with Gasteiger partial charge in [-0.2, -0.15) is 0 Å². The lowest BCUT2D eigenvalue weighted by atomic mass is 10.1. The van der Waals surface area contributed by atoms with Crippen LogP contribution in [-0.4, -0.2) is 56.9 Å². The lowest BCUT2D eigenvalue weighted by Crippen LogP contribution is -2.48. The molecule has 0 aromatic heterocycles. The van der Waals surface area contributed by atoms with Crippen molar-refractivity contribution >= 4 is 11.6 Å². The minimum atomic E-state index is -0.144. The zero-order valence-electron chi connectivity index (χ0n) is 14.3. The monoisotopic (exact) mass is 322 g/mol. The number of amides is 1. The number of carbonyl (C=O) groups excluding carboxylic acids is 1. The number of nitrogens with one attached hydrogen (secondary N) is 1. The van der Waals surface area contributed by atoms with Gasteiger partial charge < -0.3 is 19.5 Å². The maximum absolute atomic E-state index is 12.2. The molecule has 128 valence electrons. The molecule has 0 radical (unpaired) electrons. The molecule has 1 aromatic rings. The lowest BCUT2D eigenvalue weighted by molar-refractivity contribution is -0.118. The third kappa shape index (κ3) is 5.41. The number of carbonyl (C=O) groups is 1. The van der Waals surface area contributed by atoms with Gasteiger partial charge in [0.25, 0.3) is 0 Å². The molecular weight excluding hydrogens is 296 g/mol. The van der Waals surface area contributed by atoms with Crippen LogP contribution in [0, 0.1) is 0 Å². The number of nitrogens with zero attached hydrogens (tertiary/aromatic N) is 1. The molecule has 6 nitrogen and oxygen atoms in total. The van der Waals surface area contributed by atoms with Crippen LogP contribution in [0.1, 0.15) is 20.3 Å². The number of anilines is 1. The standard InChI is InChI=1S/C17H26N2O4/c1-17(2)12-19(7-8-23-17)6-5-16(20)18-13-9-14(21-3)11-15(10-13)22-4/h9-11H,5-8,12H2,1-4H3,(H,18,20). The summed E-state index contributed by atoms with van der Waals surface area (Å²) in [6.45, 7) is 7.28. The molecule has 1 heterocycles. The highest BCUT2D eigenvalue weighted by atomic mass is 16.5. The third-order valence-corrected chi connectivity index (χ3v) is 3.79. The molecule has 0 atom stereocenters. The van der Waals surface area contributed by atoms with E-state index in [-0.39, 0.29) is 11.5 Å². The SMILES string of the molecule is COc1cc(NC(=O)CCN2CCOC(C)(C)C2)cc(OC)c1. The molecule has 0 unspecified atom stereocenters. The van der Waals surface area contributed by atoms with Gasteiger partial charge in [-0.05, 0) is 13.8 Å². The van der Waals surface area contributed by atoms with Crippen LogP contribution in [0.3, 0.4) is 0 Å². The highest BCUT2D eigenvalue weighted by molar-refractivity contribution is 5.91. The van der Waals surface area contributed by atoms with E-state index < -0.39 is 0 Å². The molecule has 2 rings (SSSR count). The topological polar surface area (TPSA) is 60.0 Å². The maximum Gasteiger partial charge on any atom is 0.225 e. The number of methoxy groups -OCH3 is 2. The van der Waals surface area contributed by atoms with Crippen molar-refractivity contribution in [2.45, 2.75) is 25.9 Å². The zero-order chi connectivity index (χ0) is 16.9. The lowest BCUT2D eigenvalue weighted by Gasteiger charge is -2.38. The van der Waals surface area contributed by atoms with Crippen LogP contribution in [0.5, 0.6) is 11.5 Å². The first-order valence-electron chi connectivity index (χ1n) is 7.81. The highest BCUT2D eigenvalue weighted by Gasteiger charge is 2.27. The van der Waals surface area contributed by atoms with Crippen molar-refractivity contribution in [3.05, 3.63) is 18.2 Å². The van der Waals surface area contributed by atoms with Crippen molar-refractivity contribution in [3.63, 3.8) is 0 Å². The molecule has 1 saturated heterocycles. The molecule has 1 aliphatic rings. The smallest absolute Gasteiger partial charge is 0.225 e. The van der Waals surface area contributed by atoms with E-state index >= 15 is 0 Å². The van der Waals surface area contributed by atoms with Crippen molar-refractivity contribution in [1.29, 1.82) is 0 Å². The van der Waals surface area contributed by atoms with Crippen LogP contribution in [0.15, 0.2) is 18.2 Å². The Morgan fingerprint density at radius 1 is 1.26 bits per heavy atom. The van der Waals surface area contributed by atoms with Gasteiger partial charge in [-0.3, -0.25) is 9.69 Å². The van der Waals surface area contributed by atoms with Crippen LogP contribution in [0.25, 0.3) is 0 Å². The van der Waals surface area contributed by atoms with E-state index in [1.807, 2.05) is 0 Å². The van der Waals surface area contributed by atoms with Gasteiger partial charge in [0.15, 0.2) is 0 Å². The van der Waals surface area contributed by atoms with Crippen molar-refractivity contribution in [2.24, 2.45) is 0 Å². The summed E-state index contributed by atoms with van der Waals surface area (Å²) in [5.41, 5.74) is 0.531. The molecule has 23 heavy (non-hydrogen) atoms.